The van der Waals surface area contributed by atoms with Crippen LogP contribution in [0.3, 0.4) is 0 Å². The van der Waals surface area contributed by atoms with Crippen molar-refractivity contribution in [3.8, 4) is 17.2 Å². The Labute approximate surface area is 225 Å². The number of piperazine rings is 1. The molecule has 0 saturated carbocycles. The van der Waals surface area contributed by atoms with E-state index in [4.69, 9.17) is 5.26 Å². The van der Waals surface area contributed by atoms with Crippen LogP contribution >= 0.6 is 0 Å². The molecule has 3 heterocycles. The summed E-state index contributed by atoms with van der Waals surface area (Å²) in [5.74, 6) is -4.35. The number of carbonyl (C=O) groups is 2. The first-order valence-electron chi connectivity index (χ1n) is 13.0. The molecule has 0 radical (unpaired) electrons. The maximum atomic E-state index is 13.7. The maximum Gasteiger partial charge on any atom is 0.268 e. The summed E-state index contributed by atoms with van der Waals surface area (Å²) in [5, 5.41) is 12.3. The van der Waals surface area contributed by atoms with Crippen LogP contribution in [0.15, 0.2) is 54.7 Å². The highest BCUT2D eigenvalue weighted by atomic mass is 19.3. The van der Waals surface area contributed by atoms with Crippen molar-refractivity contribution in [2.45, 2.75) is 24.9 Å². The van der Waals surface area contributed by atoms with Gasteiger partial charge in [0.1, 0.15) is 6.04 Å². The summed E-state index contributed by atoms with van der Waals surface area (Å²) in [4.78, 5) is 35.5. The molecule has 39 heavy (non-hydrogen) atoms. The molecular formula is C29H30F2N6O2. The fourth-order valence-corrected chi connectivity index (χ4v) is 5.14. The Balaban J connectivity index is 1.28. The number of likely N-dealkylation sites (N-methyl/N-ethyl adjacent to an activating group) is 1. The van der Waals surface area contributed by atoms with Crippen molar-refractivity contribution in [2.75, 3.05) is 46.3 Å². The molecule has 5 rings (SSSR count). The van der Waals surface area contributed by atoms with Gasteiger partial charge in [0.25, 0.3) is 11.8 Å². The van der Waals surface area contributed by atoms with Gasteiger partial charge in [0.05, 0.1) is 30.2 Å². The number of carbonyl (C=O) groups excluding carboxylic acids is 2. The molecule has 1 atom stereocenters. The molecule has 3 aromatic rings. The number of nitrogens with zero attached hydrogens (tertiary/aromatic N) is 5. The number of benzene rings is 2. The summed E-state index contributed by atoms with van der Waals surface area (Å²) in [7, 11) is 2.14. The lowest BCUT2D eigenvalue weighted by Crippen LogP contribution is -2.43. The molecular weight excluding hydrogens is 502 g/mol. The van der Waals surface area contributed by atoms with Gasteiger partial charge < -0.3 is 15.1 Å². The molecule has 2 fully saturated rings. The first-order valence-corrected chi connectivity index (χ1v) is 13.0. The lowest BCUT2D eigenvalue weighted by Gasteiger charge is -2.32. The molecule has 2 aliphatic rings. The van der Waals surface area contributed by atoms with E-state index in [1.54, 1.807) is 12.1 Å². The summed E-state index contributed by atoms with van der Waals surface area (Å²) in [5.41, 5.74) is 4.10. The molecule has 0 bridgehead atoms. The van der Waals surface area contributed by atoms with E-state index in [0.717, 1.165) is 48.8 Å². The normalized spacial score (nSPS) is 19.6. The second kappa shape index (κ2) is 11.0. The van der Waals surface area contributed by atoms with Gasteiger partial charge in [-0.15, -0.1) is 0 Å². The maximum absolute atomic E-state index is 13.7. The summed E-state index contributed by atoms with van der Waals surface area (Å²) < 4.78 is 27.4. The van der Waals surface area contributed by atoms with Gasteiger partial charge in [-0.1, -0.05) is 30.3 Å². The number of aromatic nitrogens is 1. The first-order chi connectivity index (χ1) is 18.7. The summed E-state index contributed by atoms with van der Waals surface area (Å²) >= 11 is 0. The van der Waals surface area contributed by atoms with Gasteiger partial charge in [0.2, 0.25) is 5.91 Å². The molecule has 0 spiro atoms. The number of amides is 2. The van der Waals surface area contributed by atoms with E-state index in [1.807, 2.05) is 18.2 Å². The van der Waals surface area contributed by atoms with Gasteiger partial charge in [-0.05, 0) is 41.9 Å². The average molecular weight is 533 g/mol. The Morgan fingerprint density at radius 3 is 2.51 bits per heavy atom. The molecule has 202 valence electrons. The second-order valence-electron chi connectivity index (χ2n) is 10.3. The third-order valence-electron chi connectivity index (χ3n) is 7.41. The number of pyridine rings is 1. The molecule has 1 N–H and O–H groups in total. The van der Waals surface area contributed by atoms with Crippen molar-refractivity contribution >= 4 is 22.7 Å². The minimum Gasteiger partial charge on any atom is -0.343 e. The number of hydrogen-bond donors (Lipinski definition) is 1. The predicted molar refractivity (Wildman–Crippen MR) is 143 cm³/mol. The van der Waals surface area contributed by atoms with Crippen molar-refractivity contribution in [3.63, 3.8) is 0 Å². The quantitative estimate of drug-likeness (QED) is 0.525. The highest BCUT2D eigenvalue weighted by molar-refractivity contribution is 6.07. The topological polar surface area (TPSA) is 92.6 Å². The second-order valence-corrected chi connectivity index (χ2v) is 10.3. The van der Waals surface area contributed by atoms with E-state index in [-0.39, 0.29) is 0 Å². The smallest absolute Gasteiger partial charge is 0.268 e. The Hall–Kier alpha value is -3.94. The number of hydrogen-bond acceptors (Lipinski definition) is 6. The molecule has 10 heteroatoms. The van der Waals surface area contributed by atoms with Crippen LogP contribution < -0.4 is 5.32 Å². The Morgan fingerprint density at radius 1 is 1.08 bits per heavy atom. The van der Waals surface area contributed by atoms with Gasteiger partial charge >= 0.3 is 0 Å². The van der Waals surface area contributed by atoms with E-state index >= 15 is 0 Å². The molecule has 2 aliphatic heterocycles. The zero-order valence-corrected chi connectivity index (χ0v) is 21.7. The summed E-state index contributed by atoms with van der Waals surface area (Å²) in [6, 6.07) is 16.2. The zero-order valence-electron chi connectivity index (χ0n) is 21.7. The van der Waals surface area contributed by atoms with E-state index in [0.29, 0.717) is 16.5 Å². The molecule has 1 unspecified atom stereocenters. The van der Waals surface area contributed by atoms with Crippen LogP contribution in [-0.4, -0.2) is 89.8 Å². The highest BCUT2D eigenvalue weighted by Gasteiger charge is 2.47. The van der Waals surface area contributed by atoms with E-state index in [1.165, 1.54) is 11.8 Å². The number of fused-ring (bicyclic) bond motifs is 1. The molecule has 0 aliphatic carbocycles. The van der Waals surface area contributed by atoms with Crippen molar-refractivity contribution in [1.29, 1.82) is 5.26 Å². The van der Waals surface area contributed by atoms with Crippen LogP contribution in [0.5, 0.6) is 0 Å². The monoisotopic (exact) mass is 532 g/mol. The number of rotatable bonds is 6. The van der Waals surface area contributed by atoms with Crippen LogP contribution in [0.25, 0.3) is 22.0 Å². The van der Waals surface area contributed by atoms with Crippen LogP contribution in [0.1, 0.15) is 22.3 Å². The van der Waals surface area contributed by atoms with Crippen molar-refractivity contribution in [1.82, 2.24) is 25.0 Å². The zero-order chi connectivity index (χ0) is 27.6. The fourth-order valence-electron chi connectivity index (χ4n) is 5.14. The third kappa shape index (κ3) is 6.05. The molecule has 2 saturated heterocycles. The fraction of sp³-hybridized carbons (Fsp3) is 0.379. The largest absolute Gasteiger partial charge is 0.343 e. The standard InChI is InChI=1S/C29H30F2N6O2/c1-35-10-12-36(13-11-35)18-20-2-4-21(5-3-20)22-6-7-26-25(14-22)24(8-9-33-26)28(39)34-17-27(38)37-19-29(30,31)15-23(37)16-32/h2-9,14,23H,10-13,15,17-19H2,1H3,(H,34,39). The number of nitrogens with one attached hydrogen (secondary N) is 1. The van der Waals surface area contributed by atoms with E-state index in [2.05, 4.69) is 51.4 Å². The number of alkyl halides is 2. The lowest BCUT2D eigenvalue weighted by atomic mass is 9.99. The minimum atomic E-state index is -3.11. The van der Waals surface area contributed by atoms with Crippen LogP contribution in [0, 0.1) is 11.3 Å². The highest BCUT2D eigenvalue weighted by Crippen LogP contribution is 2.31. The number of nitriles is 1. The Bertz CT molecular complexity index is 1410. The van der Waals surface area contributed by atoms with Gasteiger partial charge in [0, 0.05) is 50.7 Å². The Morgan fingerprint density at radius 2 is 1.79 bits per heavy atom. The molecule has 1 aromatic heterocycles. The summed E-state index contributed by atoms with van der Waals surface area (Å²) in [6.07, 6.45) is 0.816. The third-order valence-corrected chi connectivity index (χ3v) is 7.41. The van der Waals surface area contributed by atoms with Gasteiger partial charge in [0.15, 0.2) is 0 Å². The number of halogens is 2. The van der Waals surface area contributed by atoms with Crippen molar-refractivity contribution in [2.24, 2.45) is 0 Å². The van der Waals surface area contributed by atoms with Crippen LogP contribution in [-0.2, 0) is 11.3 Å². The minimum absolute atomic E-state index is 0.324. The predicted octanol–water partition coefficient (Wildman–Crippen LogP) is 3.14. The van der Waals surface area contributed by atoms with Crippen molar-refractivity contribution < 1.29 is 18.4 Å². The average Bonchev–Trinajstić information content (AvgIpc) is 3.27. The SMILES string of the molecule is CN1CCN(Cc2ccc(-c3ccc4nccc(C(=O)NCC(=O)N5CC(F)(F)CC5C#N)c4c3)cc2)CC1. The van der Waals surface area contributed by atoms with Gasteiger partial charge in [-0.25, -0.2) is 8.78 Å². The van der Waals surface area contributed by atoms with Gasteiger partial charge in [-0.3, -0.25) is 19.5 Å². The number of likely N-dealkylation sites (tertiary alicyclic amines) is 1. The van der Waals surface area contributed by atoms with Crippen molar-refractivity contribution in [3.05, 3.63) is 65.9 Å². The molecule has 8 nitrogen and oxygen atoms in total. The Kier molecular flexibility index (Phi) is 7.55. The summed E-state index contributed by atoms with van der Waals surface area (Å²) in [6.45, 7) is 3.85. The van der Waals surface area contributed by atoms with E-state index in [9.17, 15) is 18.4 Å². The van der Waals surface area contributed by atoms with Crippen LogP contribution in [0.4, 0.5) is 8.78 Å². The lowest BCUT2D eigenvalue weighted by molar-refractivity contribution is -0.131. The van der Waals surface area contributed by atoms with Crippen LogP contribution in [0.2, 0.25) is 0 Å². The van der Waals surface area contributed by atoms with E-state index < -0.39 is 43.3 Å². The molecule has 2 amide bonds. The first kappa shape index (κ1) is 26.7. The van der Waals surface area contributed by atoms with Gasteiger partial charge in [-0.2, -0.15) is 5.26 Å². The molecule has 2 aromatic carbocycles.